The molecule has 1 amide bonds. The Morgan fingerprint density at radius 3 is 2.43 bits per heavy atom. The number of nitrogens with one attached hydrogen (secondary N) is 2. The second-order valence-electron chi connectivity index (χ2n) is 7.13. The number of amides is 1. The number of hydrogen-bond donors (Lipinski definition) is 2. The first-order valence-electron chi connectivity index (χ1n) is 10.4. The molecule has 0 atom stereocenters. The Morgan fingerprint density at radius 2 is 1.80 bits per heavy atom. The minimum absolute atomic E-state index is 0.0401. The second kappa shape index (κ2) is 10.5. The van der Waals surface area contributed by atoms with E-state index in [1.54, 1.807) is 7.11 Å². The third kappa shape index (κ3) is 5.43. The van der Waals surface area contributed by atoms with Crippen LogP contribution in [0.1, 0.15) is 22.8 Å². The Morgan fingerprint density at radius 1 is 1.07 bits per heavy atom. The topological polar surface area (TPSA) is 69.2 Å². The largest absolute Gasteiger partial charge is 0.497 e. The van der Waals surface area contributed by atoms with Crippen molar-refractivity contribution >= 4 is 17.6 Å². The first-order chi connectivity index (χ1) is 14.6. The second-order valence-corrected chi connectivity index (χ2v) is 7.13. The zero-order chi connectivity index (χ0) is 21.3. The number of ether oxygens (including phenoxy) is 1. The zero-order valence-corrected chi connectivity index (χ0v) is 18.0. The smallest absolute Gasteiger partial charge is 0.251 e. The molecule has 0 radical (unpaired) electrons. The fourth-order valence-electron chi connectivity index (χ4n) is 3.53. The van der Waals surface area contributed by atoms with Crippen LogP contribution in [-0.2, 0) is 6.54 Å². The van der Waals surface area contributed by atoms with E-state index in [1.165, 1.54) is 5.69 Å². The lowest BCUT2D eigenvalue weighted by Gasteiger charge is -2.37. The van der Waals surface area contributed by atoms with Gasteiger partial charge in [0.05, 0.1) is 7.11 Å². The van der Waals surface area contributed by atoms with Crippen molar-refractivity contribution in [3.8, 4) is 5.75 Å². The number of aliphatic imine (C=N–C) groups is 1. The Hall–Kier alpha value is -3.22. The van der Waals surface area contributed by atoms with Crippen LogP contribution in [0.5, 0.6) is 5.75 Å². The van der Waals surface area contributed by atoms with Gasteiger partial charge >= 0.3 is 0 Å². The Balaban J connectivity index is 1.52. The Bertz CT molecular complexity index is 858. The van der Waals surface area contributed by atoms with Crippen LogP contribution in [-0.4, -0.2) is 63.6 Å². The summed E-state index contributed by atoms with van der Waals surface area (Å²) >= 11 is 0. The lowest BCUT2D eigenvalue weighted by Crippen LogP contribution is -2.52. The number of anilines is 1. The Kier molecular flexibility index (Phi) is 7.54. The molecule has 3 rings (SSSR count). The number of benzene rings is 2. The number of nitrogens with zero attached hydrogens (tertiary/aromatic N) is 3. The van der Waals surface area contributed by atoms with Crippen LogP contribution >= 0.6 is 0 Å². The van der Waals surface area contributed by atoms with E-state index in [2.05, 4.69) is 37.6 Å². The first-order valence-corrected chi connectivity index (χ1v) is 10.4. The molecule has 7 nitrogen and oxygen atoms in total. The predicted molar refractivity (Wildman–Crippen MR) is 121 cm³/mol. The summed E-state index contributed by atoms with van der Waals surface area (Å²) in [7, 11) is 3.51. The summed E-state index contributed by atoms with van der Waals surface area (Å²) in [6.45, 7) is 6.85. The van der Waals surface area contributed by atoms with Gasteiger partial charge in [-0.05, 0) is 36.8 Å². The standard InChI is InChI=1S/C23H31N5O2/c1-4-25-22(29)19-10-8-18(9-11-19)17-26-23(24-2)28-14-12-27(13-15-28)20-6-5-7-21(16-20)30-3/h5-11,16H,4,12-15,17H2,1-3H3,(H,24,26)(H,25,29). The van der Waals surface area contributed by atoms with E-state index < -0.39 is 0 Å². The van der Waals surface area contributed by atoms with E-state index in [1.807, 2.05) is 50.4 Å². The predicted octanol–water partition coefficient (Wildman–Crippen LogP) is 2.34. The van der Waals surface area contributed by atoms with Crippen molar-refractivity contribution < 1.29 is 9.53 Å². The highest BCUT2D eigenvalue weighted by Gasteiger charge is 2.20. The van der Waals surface area contributed by atoms with E-state index in [0.717, 1.165) is 43.5 Å². The minimum atomic E-state index is -0.0401. The number of carbonyl (C=O) groups is 1. The summed E-state index contributed by atoms with van der Waals surface area (Å²) in [5.74, 6) is 1.74. The molecule has 7 heteroatoms. The molecule has 2 N–H and O–H groups in total. The average Bonchev–Trinajstić information content (AvgIpc) is 2.80. The first kappa shape index (κ1) is 21.5. The molecule has 1 heterocycles. The number of carbonyl (C=O) groups excluding carboxylic acids is 1. The molecule has 30 heavy (non-hydrogen) atoms. The monoisotopic (exact) mass is 409 g/mol. The molecule has 160 valence electrons. The molecule has 1 aliphatic rings. The number of piperazine rings is 1. The van der Waals surface area contributed by atoms with Gasteiger partial charge in [-0.15, -0.1) is 0 Å². The molecule has 0 aromatic heterocycles. The van der Waals surface area contributed by atoms with Gasteiger partial charge in [0.1, 0.15) is 5.75 Å². The molecule has 0 spiro atoms. The van der Waals surface area contributed by atoms with Crippen molar-refractivity contribution in [3.05, 3.63) is 59.7 Å². The number of hydrogen-bond acceptors (Lipinski definition) is 4. The van der Waals surface area contributed by atoms with Crippen molar-refractivity contribution in [2.45, 2.75) is 13.5 Å². The van der Waals surface area contributed by atoms with E-state index in [4.69, 9.17) is 4.74 Å². The summed E-state index contributed by atoms with van der Waals surface area (Å²) < 4.78 is 5.34. The SMILES string of the molecule is CCNC(=O)c1ccc(CNC(=NC)N2CCN(c3cccc(OC)c3)CC2)cc1. The third-order valence-electron chi connectivity index (χ3n) is 5.21. The van der Waals surface area contributed by atoms with Crippen LogP contribution in [0.2, 0.25) is 0 Å². The summed E-state index contributed by atoms with van der Waals surface area (Å²) in [6.07, 6.45) is 0. The number of methoxy groups -OCH3 is 1. The molecule has 1 aliphatic heterocycles. The van der Waals surface area contributed by atoms with E-state index in [-0.39, 0.29) is 5.91 Å². The van der Waals surface area contributed by atoms with Gasteiger partial charge in [0.2, 0.25) is 0 Å². The fourth-order valence-corrected chi connectivity index (χ4v) is 3.53. The highest BCUT2D eigenvalue weighted by molar-refractivity contribution is 5.94. The van der Waals surface area contributed by atoms with Gasteiger partial charge in [0.25, 0.3) is 5.91 Å². The molecule has 2 aromatic carbocycles. The van der Waals surface area contributed by atoms with Gasteiger partial charge in [-0.2, -0.15) is 0 Å². The van der Waals surface area contributed by atoms with Crippen LogP contribution < -0.4 is 20.3 Å². The van der Waals surface area contributed by atoms with Crippen LogP contribution in [0, 0.1) is 0 Å². The van der Waals surface area contributed by atoms with Crippen molar-refractivity contribution in [1.82, 2.24) is 15.5 Å². The lowest BCUT2D eigenvalue weighted by atomic mass is 10.1. The van der Waals surface area contributed by atoms with Crippen molar-refractivity contribution in [1.29, 1.82) is 0 Å². The van der Waals surface area contributed by atoms with E-state index >= 15 is 0 Å². The van der Waals surface area contributed by atoms with Crippen molar-refractivity contribution in [2.24, 2.45) is 4.99 Å². The van der Waals surface area contributed by atoms with Crippen LogP contribution in [0.3, 0.4) is 0 Å². The number of guanidine groups is 1. The lowest BCUT2D eigenvalue weighted by molar-refractivity contribution is 0.0956. The van der Waals surface area contributed by atoms with Gasteiger partial charge in [-0.1, -0.05) is 18.2 Å². The number of rotatable bonds is 6. The van der Waals surface area contributed by atoms with Gasteiger partial charge in [-0.25, -0.2) is 0 Å². The maximum atomic E-state index is 11.9. The van der Waals surface area contributed by atoms with Crippen molar-refractivity contribution in [3.63, 3.8) is 0 Å². The fraction of sp³-hybridized carbons (Fsp3) is 0.391. The molecular weight excluding hydrogens is 378 g/mol. The van der Waals surface area contributed by atoms with Gasteiger partial charge in [0, 0.05) is 63.6 Å². The summed E-state index contributed by atoms with van der Waals surface area (Å²) in [6, 6.07) is 15.9. The van der Waals surface area contributed by atoms with Crippen LogP contribution in [0.15, 0.2) is 53.5 Å². The van der Waals surface area contributed by atoms with Gasteiger partial charge < -0.3 is 25.2 Å². The van der Waals surface area contributed by atoms with E-state index in [0.29, 0.717) is 18.7 Å². The van der Waals surface area contributed by atoms with Gasteiger partial charge in [-0.3, -0.25) is 9.79 Å². The molecule has 2 aromatic rings. The molecule has 0 unspecified atom stereocenters. The Labute approximate surface area is 178 Å². The molecular formula is C23H31N5O2. The normalized spacial score (nSPS) is 14.4. The average molecular weight is 410 g/mol. The minimum Gasteiger partial charge on any atom is -0.497 e. The van der Waals surface area contributed by atoms with Gasteiger partial charge in [0.15, 0.2) is 5.96 Å². The summed E-state index contributed by atoms with van der Waals surface area (Å²) in [5.41, 5.74) is 2.97. The van der Waals surface area contributed by atoms with Crippen molar-refractivity contribution in [2.75, 3.05) is 51.8 Å². The molecule has 1 saturated heterocycles. The highest BCUT2D eigenvalue weighted by atomic mass is 16.5. The molecule has 0 saturated carbocycles. The summed E-state index contributed by atoms with van der Waals surface area (Å²) in [4.78, 5) is 21.0. The highest BCUT2D eigenvalue weighted by Crippen LogP contribution is 2.22. The third-order valence-corrected chi connectivity index (χ3v) is 5.21. The van der Waals surface area contributed by atoms with Crippen LogP contribution in [0.4, 0.5) is 5.69 Å². The molecule has 0 aliphatic carbocycles. The zero-order valence-electron chi connectivity index (χ0n) is 18.0. The van der Waals surface area contributed by atoms with Crippen LogP contribution in [0.25, 0.3) is 0 Å². The molecule has 1 fully saturated rings. The van der Waals surface area contributed by atoms with E-state index in [9.17, 15) is 4.79 Å². The molecule has 0 bridgehead atoms. The maximum Gasteiger partial charge on any atom is 0.251 e. The quantitative estimate of drug-likeness (QED) is 0.566. The summed E-state index contributed by atoms with van der Waals surface area (Å²) in [5, 5.41) is 6.25. The maximum absolute atomic E-state index is 11.9.